The summed E-state index contributed by atoms with van der Waals surface area (Å²) in [5.74, 6) is 0. The van der Waals surface area contributed by atoms with E-state index >= 15 is 0 Å². The van der Waals surface area contributed by atoms with E-state index < -0.39 is 0 Å². The summed E-state index contributed by atoms with van der Waals surface area (Å²) in [6.45, 7) is 0.624. The van der Waals surface area contributed by atoms with Gasteiger partial charge in [0.25, 0.3) is 0 Å². The lowest BCUT2D eigenvalue weighted by Gasteiger charge is -2.40. The summed E-state index contributed by atoms with van der Waals surface area (Å²) in [6.07, 6.45) is 6.59. The maximum absolute atomic E-state index is 11.9. The normalized spacial score (nSPS) is 29.1. The number of amides is 2. The van der Waals surface area contributed by atoms with Gasteiger partial charge in [0.15, 0.2) is 0 Å². The summed E-state index contributed by atoms with van der Waals surface area (Å²) in [6, 6.07) is 0.863. The van der Waals surface area contributed by atoms with Gasteiger partial charge in [-0.15, -0.1) is 0 Å². The summed E-state index contributed by atoms with van der Waals surface area (Å²) >= 11 is 0. The van der Waals surface area contributed by atoms with Crippen molar-refractivity contribution < 1.29 is 9.53 Å². The van der Waals surface area contributed by atoms with Gasteiger partial charge in [-0.2, -0.15) is 0 Å². The summed E-state index contributed by atoms with van der Waals surface area (Å²) in [5, 5.41) is 6.03. The zero-order valence-electron chi connectivity index (χ0n) is 12.4. The number of hydrogen-bond acceptors (Lipinski definition) is 3. The Balaban J connectivity index is 1.67. The van der Waals surface area contributed by atoms with Crippen LogP contribution in [0.3, 0.4) is 0 Å². The Labute approximate surface area is 116 Å². The second-order valence-electron chi connectivity index (χ2n) is 6.20. The summed E-state index contributed by atoms with van der Waals surface area (Å²) < 4.78 is 5.49. The number of hydrogen-bond donors (Lipinski definition) is 2. The van der Waals surface area contributed by atoms with Crippen LogP contribution in [0.15, 0.2) is 0 Å². The van der Waals surface area contributed by atoms with Crippen LogP contribution >= 0.6 is 0 Å². The highest BCUT2D eigenvalue weighted by Crippen LogP contribution is 2.34. The van der Waals surface area contributed by atoms with Gasteiger partial charge in [-0.3, -0.25) is 0 Å². The molecule has 0 aromatic rings. The van der Waals surface area contributed by atoms with Gasteiger partial charge < -0.3 is 20.3 Å². The monoisotopic (exact) mass is 269 g/mol. The summed E-state index contributed by atoms with van der Waals surface area (Å²) in [5.41, 5.74) is -0.0980. The predicted molar refractivity (Wildman–Crippen MR) is 75.2 cm³/mol. The Bertz CT molecular complexity index is 310. The zero-order valence-corrected chi connectivity index (χ0v) is 12.4. The van der Waals surface area contributed by atoms with Crippen LogP contribution in [-0.2, 0) is 4.74 Å². The van der Waals surface area contributed by atoms with Crippen LogP contribution in [0.2, 0.25) is 0 Å². The van der Waals surface area contributed by atoms with Crippen molar-refractivity contribution in [3.05, 3.63) is 0 Å². The molecule has 2 fully saturated rings. The molecule has 0 aromatic carbocycles. The van der Waals surface area contributed by atoms with E-state index in [0.29, 0.717) is 18.6 Å². The van der Waals surface area contributed by atoms with Gasteiger partial charge in [0, 0.05) is 25.7 Å². The molecule has 5 heteroatoms. The average Bonchev–Trinajstić information content (AvgIpc) is 2.77. The predicted octanol–water partition coefficient (Wildman–Crippen LogP) is 1.34. The fraction of sp³-hybridized carbons (Fsp3) is 0.929. The third kappa shape index (κ3) is 3.60. The van der Waals surface area contributed by atoms with Gasteiger partial charge in [-0.05, 0) is 52.6 Å². The molecule has 0 saturated heterocycles. The van der Waals surface area contributed by atoms with E-state index in [9.17, 15) is 4.79 Å². The molecule has 0 unspecified atom stereocenters. The molecule has 0 aliphatic heterocycles. The van der Waals surface area contributed by atoms with E-state index in [1.807, 2.05) is 0 Å². The highest BCUT2D eigenvalue weighted by atomic mass is 16.5. The van der Waals surface area contributed by atoms with E-state index in [0.717, 1.165) is 25.7 Å². The lowest BCUT2D eigenvalue weighted by atomic mass is 9.80. The van der Waals surface area contributed by atoms with E-state index in [4.69, 9.17) is 4.74 Å². The maximum Gasteiger partial charge on any atom is 0.315 e. The van der Waals surface area contributed by atoms with Crippen LogP contribution < -0.4 is 10.6 Å². The van der Waals surface area contributed by atoms with Crippen LogP contribution in [0.5, 0.6) is 0 Å². The number of rotatable bonds is 5. The first-order valence-corrected chi connectivity index (χ1v) is 7.31. The molecule has 0 heterocycles. The van der Waals surface area contributed by atoms with E-state index in [1.165, 1.54) is 12.8 Å². The molecule has 0 radical (unpaired) electrons. The Morgan fingerprint density at radius 2 is 2.11 bits per heavy atom. The molecular weight excluding hydrogens is 242 g/mol. The van der Waals surface area contributed by atoms with Crippen LogP contribution in [-0.4, -0.2) is 56.4 Å². The summed E-state index contributed by atoms with van der Waals surface area (Å²) in [4.78, 5) is 14.1. The second kappa shape index (κ2) is 6.09. The molecule has 2 aliphatic rings. The Morgan fingerprint density at radius 1 is 1.37 bits per heavy atom. The van der Waals surface area contributed by atoms with Crippen molar-refractivity contribution in [2.45, 2.75) is 56.2 Å². The highest BCUT2D eigenvalue weighted by molar-refractivity contribution is 5.74. The van der Waals surface area contributed by atoms with Crippen molar-refractivity contribution in [2.75, 3.05) is 27.7 Å². The fourth-order valence-corrected chi connectivity index (χ4v) is 3.06. The molecule has 5 nitrogen and oxygen atoms in total. The van der Waals surface area contributed by atoms with Crippen molar-refractivity contribution in [3.8, 4) is 0 Å². The number of carbonyl (C=O) groups excluding carboxylic acids is 1. The number of methoxy groups -OCH3 is 1. The van der Waals surface area contributed by atoms with Gasteiger partial charge in [0.2, 0.25) is 0 Å². The molecule has 110 valence electrons. The largest absolute Gasteiger partial charge is 0.376 e. The average molecular weight is 269 g/mol. The third-order valence-corrected chi connectivity index (χ3v) is 4.74. The van der Waals surface area contributed by atoms with Crippen LogP contribution in [0.4, 0.5) is 4.79 Å². The number of urea groups is 1. The van der Waals surface area contributed by atoms with Crippen molar-refractivity contribution in [1.82, 2.24) is 15.5 Å². The quantitative estimate of drug-likeness (QED) is 0.792. The van der Waals surface area contributed by atoms with Crippen LogP contribution in [0, 0.1) is 0 Å². The van der Waals surface area contributed by atoms with Crippen molar-refractivity contribution >= 4 is 6.03 Å². The number of ether oxygens (including phenoxy) is 1. The van der Waals surface area contributed by atoms with Crippen molar-refractivity contribution in [2.24, 2.45) is 0 Å². The van der Waals surface area contributed by atoms with Crippen molar-refractivity contribution in [3.63, 3.8) is 0 Å². The molecule has 2 atom stereocenters. The molecule has 0 aromatic heterocycles. The van der Waals surface area contributed by atoms with Crippen molar-refractivity contribution in [1.29, 1.82) is 0 Å². The lowest BCUT2D eigenvalue weighted by molar-refractivity contribution is -0.0674. The van der Waals surface area contributed by atoms with Crippen LogP contribution in [0.1, 0.15) is 38.5 Å². The molecule has 0 spiro atoms. The van der Waals surface area contributed by atoms with E-state index in [-0.39, 0.29) is 11.6 Å². The first-order valence-electron chi connectivity index (χ1n) is 7.31. The smallest absolute Gasteiger partial charge is 0.315 e. The molecule has 19 heavy (non-hydrogen) atoms. The molecule has 2 N–H and O–H groups in total. The van der Waals surface area contributed by atoms with Crippen LogP contribution in [0.25, 0.3) is 0 Å². The first-order chi connectivity index (χ1) is 9.04. The summed E-state index contributed by atoms with van der Waals surface area (Å²) in [7, 11) is 5.94. The Hall–Kier alpha value is -0.810. The number of nitrogens with one attached hydrogen (secondary N) is 2. The SMILES string of the molecule is COC1(CNC(=O)N[C@H]2CC[C@@H](N(C)C)C2)CCC1. The van der Waals surface area contributed by atoms with Gasteiger partial charge >= 0.3 is 6.03 Å². The zero-order chi connectivity index (χ0) is 13.9. The Morgan fingerprint density at radius 3 is 2.58 bits per heavy atom. The third-order valence-electron chi connectivity index (χ3n) is 4.74. The molecule has 2 saturated carbocycles. The van der Waals surface area contributed by atoms with Gasteiger partial charge in [0.05, 0.1) is 5.60 Å². The van der Waals surface area contributed by atoms with Gasteiger partial charge in [-0.1, -0.05) is 0 Å². The number of nitrogens with zero attached hydrogens (tertiary/aromatic N) is 1. The second-order valence-corrected chi connectivity index (χ2v) is 6.20. The molecule has 0 bridgehead atoms. The molecule has 2 rings (SSSR count). The lowest BCUT2D eigenvalue weighted by Crippen LogP contribution is -2.52. The molecular formula is C14H27N3O2. The van der Waals surface area contributed by atoms with Gasteiger partial charge in [0.1, 0.15) is 0 Å². The topological polar surface area (TPSA) is 53.6 Å². The van der Waals surface area contributed by atoms with E-state index in [2.05, 4.69) is 29.6 Å². The minimum absolute atomic E-state index is 0.0484. The van der Waals surface area contributed by atoms with Gasteiger partial charge in [-0.25, -0.2) is 4.79 Å². The molecule has 2 amide bonds. The minimum atomic E-state index is -0.0980. The fourth-order valence-electron chi connectivity index (χ4n) is 3.06. The maximum atomic E-state index is 11.9. The standard InChI is InChI=1S/C14H27N3O2/c1-17(2)12-6-5-11(9-12)16-13(18)15-10-14(19-3)7-4-8-14/h11-12H,4-10H2,1-3H3,(H2,15,16,18)/t11-,12+/m0/s1. The number of carbonyl (C=O) groups is 1. The highest BCUT2D eigenvalue weighted by Gasteiger charge is 2.37. The minimum Gasteiger partial charge on any atom is -0.376 e. The van der Waals surface area contributed by atoms with E-state index in [1.54, 1.807) is 7.11 Å². The Kier molecular flexibility index (Phi) is 4.68. The first kappa shape index (κ1) is 14.6. The molecule has 2 aliphatic carbocycles.